The number of rotatable bonds is 8. The number of thiol groups is 1. The van der Waals surface area contributed by atoms with E-state index in [1.165, 1.54) is 59.4 Å². The van der Waals surface area contributed by atoms with E-state index in [4.69, 9.17) is 0 Å². The van der Waals surface area contributed by atoms with E-state index in [2.05, 4.69) is 166 Å². The van der Waals surface area contributed by atoms with Crippen LogP contribution in [-0.2, 0) is 0 Å². The lowest BCUT2D eigenvalue weighted by molar-refractivity contribution is 0.266. The molecule has 1 fully saturated rings. The van der Waals surface area contributed by atoms with E-state index in [1.54, 1.807) is 5.57 Å². The van der Waals surface area contributed by atoms with Gasteiger partial charge in [0.15, 0.2) is 0 Å². The van der Waals surface area contributed by atoms with Gasteiger partial charge in [0.05, 0.1) is 6.04 Å². The molecule has 0 N–H and O–H groups in total. The summed E-state index contributed by atoms with van der Waals surface area (Å²) in [6.45, 7) is 6.93. The van der Waals surface area contributed by atoms with Gasteiger partial charge in [-0.05, 0) is 92.2 Å². The molecule has 0 amide bonds. The smallest absolute Gasteiger partial charge is 0.0598 e. The average Bonchev–Trinajstić information content (AvgIpc) is 3.12. The Morgan fingerprint density at radius 1 is 1.00 bits per heavy atom. The van der Waals surface area contributed by atoms with Crippen molar-refractivity contribution in [2.45, 2.75) is 76.2 Å². The number of nitrogens with zero attached hydrogens (tertiary/aromatic N) is 1. The third kappa shape index (κ3) is 6.88. The van der Waals surface area contributed by atoms with Gasteiger partial charge in [-0.25, -0.2) is 0 Å². The maximum Gasteiger partial charge on any atom is 0.0598 e. The number of fused-ring (bicyclic) bond motifs is 4. The van der Waals surface area contributed by atoms with Gasteiger partial charge < -0.3 is 4.90 Å². The highest BCUT2D eigenvalue weighted by atomic mass is 32.1. The number of hydrogen-bond acceptors (Lipinski definition) is 2. The van der Waals surface area contributed by atoms with Gasteiger partial charge >= 0.3 is 0 Å². The number of allylic oxidation sites excluding steroid dienone is 21. The minimum atomic E-state index is 0.322. The molecule has 1 aliphatic heterocycles. The number of piperidine rings is 1. The Morgan fingerprint density at radius 3 is 2.73 bits per heavy atom. The van der Waals surface area contributed by atoms with Crippen LogP contribution in [0.2, 0.25) is 0 Å². The minimum absolute atomic E-state index is 0.322. The Hall–Kier alpha value is -3.75. The zero-order chi connectivity index (χ0) is 33.0. The highest BCUT2D eigenvalue weighted by Crippen LogP contribution is 2.49. The third-order valence-corrected chi connectivity index (χ3v) is 11.8. The Bertz CT molecular complexity index is 1760. The first-order valence-electron chi connectivity index (χ1n) is 18.3. The molecule has 1 aromatic rings. The SMILES string of the molecule is C/C(=C\C=C/C(C)c1ccccc1S)C1C=CC(N2C3=CC=CCC3C3=CC=C(C4C=CC=C/C4=C/CC4CC=CCC4)C2C3)=CC1C. The summed E-state index contributed by atoms with van der Waals surface area (Å²) in [6, 6.07) is 8.73. The van der Waals surface area contributed by atoms with E-state index in [9.17, 15) is 0 Å². The molecule has 2 heteroatoms. The van der Waals surface area contributed by atoms with Crippen LogP contribution in [0.15, 0.2) is 172 Å². The summed E-state index contributed by atoms with van der Waals surface area (Å²) in [6.07, 6.45) is 50.0. The molecule has 7 atom stereocenters. The third-order valence-electron chi connectivity index (χ3n) is 11.4. The van der Waals surface area contributed by atoms with Crippen LogP contribution in [0.1, 0.15) is 70.8 Å². The van der Waals surface area contributed by atoms with Crippen molar-refractivity contribution in [2.24, 2.45) is 29.6 Å². The second kappa shape index (κ2) is 14.8. The Labute approximate surface area is 295 Å². The molecular formula is C46H51NS. The lowest BCUT2D eigenvalue weighted by atomic mass is 9.71. The van der Waals surface area contributed by atoms with Gasteiger partial charge in [-0.3, -0.25) is 0 Å². The molecule has 6 aliphatic rings. The lowest BCUT2D eigenvalue weighted by Crippen LogP contribution is -2.46. The highest BCUT2D eigenvalue weighted by Gasteiger charge is 2.42. The maximum atomic E-state index is 4.67. The van der Waals surface area contributed by atoms with Crippen molar-refractivity contribution in [3.8, 4) is 0 Å². The lowest BCUT2D eigenvalue weighted by Gasteiger charge is -2.50. The summed E-state index contributed by atoms with van der Waals surface area (Å²) in [5.41, 5.74) is 10.1. The number of likely N-dealkylation sites (tertiary alicyclic amines) is 1. The summed E-state index contributed by atoms with van der Waals surface area (Å²) >= 11 is 4.67. The monoisotopic (exact) mass is 649 g/mol. The topological polar surface area (TPSA) is 3.24 Å². The van der Waals surface area contributed by atoms with E-state index in [-0.39, 0.29) is 0 Å². The first-order chi connectivity index (χ1) is 23.5. The van der Waals surface area contributed by atoms with Gasteiger partial charge in [-0.15, -0.1) is 12.6 Å². The molecule has 7 unspecified atom stereocenters. The molecule has 0 aromatic heterocycles. The highest BCUT2D eigenvalue weighted by molar-refractivity contribution is 7.80. The molecule has 0 radical (unpaired) electrons. The second-order valence-corrected chi connectivity index (χ2v) is 15.1. The molecule has 1 saturated heterocycles. The maximum absolute atomic E-state index is 4.67. The molecular weight excluding hydrogens is 599 g/mol. The molecule has 1 nitrogen and oxygen atoms in total. The van der Waals surface area contributed by atoms with E-state index >= 15 is 0 Å². The summed E-state index contributed by atoms with van der Waals surface area (Å²) in [5, 5.41) is 0. The van der Waals surface area contributed by atoms with Gasteiger partial charge in [0.25, 0.3) is 0 Å². The molecule has 246 valence electrons. The molecule has 1 aromatic carbocycles. The second-order valence-electron chi connectivity index (χ2n) is 14.6. The van der Waals surface area contributed by atoms with Gasteiger partial charge in [0.1, 0.15) is 0 Å². The fourth-order valence-corrected chi connectivity index (χ4v) is 9.04. The first kappa shape index (κ1) is 32.8. The normalized spacial score (nSPS) is 31.0. The van der Waals surface area contributed by atoms with Crippen LogP contribution in [0.5, 0.6) is 0 Å². The predicted octanol–water partition coefficient (Wildman–Crippen LogP) is 12.1. The first-order valence-corrected chi connectivity index (χ1v) is 18.7. The van der Waals surface area contributed by atoms with Crippen LogP contribution < -0.4 is 0 Å². The molecule has 0 saturated carbocycles. The molecule has 5 aliphatic carbocycles. The van der Waals surface area contributed by atoms with Crippen LogP contribution in [0.3, 0.4) is 0 Å². The molecule has 1 heterocycles. The minimum Gasteiger partial charge on any atom is -0.337 e. The molecule has 48 heavy (non-hydrogen) atoms. The van der Waals surface area contributed by atoms with Crippen LogP contribution in [0.25, 0.3) is 0 Å². The summed E-state index contributed by atoms with van der Waals surface area (Å²) < 4.78 is 0. The molecule has 7 rings (SSSR count). The van der Waals surface area contributed by atoms with Gasteiger partial charge in [-0.1, -0.05) is 140 Å². The van der Waals surface area contributed by atoms with Crippen molar-refractivity contribution in [2.75, 3.05) is 0 Å². The van der Waals surface area contributed by atoms with Crippen molar-refractivity contribution in [1.29, 1.82) is 0 Å². The number of benzene rings is 1. The van der Waals surface area contributed by atoms with Crippen molar-refractivity contribution in [3.05, 3.63) is 173 Å². The summed E-state index contributed by atoms with van der Waals surface area (Å²) in [5.74, 6) is 2.69. The fourth-order valence-electron chi connectivity index (χ4n) is 8.67. The van der Waals surface area contributed by atoms with E-state index < -0.39 is 0 Å². The summed E-state index contributed by atoms with van der Waals surface area (Å²) in [4.78, 5) is 3.78. The van der Waals surface area contributed by atoms with Crippen LogP contribution in [0, 0.1) is 29.6 Å². The summed E-state index contributed by atoms with van der Waals surface area (Å²) in [7, 11) is 0. The van der Waals surface area contributed by atoms with Crippen LogP contribution in [0.4, 0.5) is 0 Å². The van der Waals surface area contributed by atoms with Gasteiger partial charge in [0, 0.05) is 40.0 Å². The number of hydrogen-bond donors (Lipinski definition) is 1. The Balaban J connectivity index is 1.13. The zero-order valence-electron chi connectivity index (χ0n) is 28.9. The largest absolute Gasteiger partial charge is 0.337 e. The zero-order valence-corrected chi connectivity index (χ0v) is 29.8. The van der Waals surface area contributed by atoms with Crippen molar-refractivity contribution in [1.82, 2.24) is 4.90 Å². The van der Waals surface area contributed by atoms with E-state index in [0.717, 1.165) is 23.7 Å². The van der Waals surface area contributed by atoms with E-state index in [1.807, 2.05) is 6.07 Å². The van der Waals surface area contributed by atoms with Gasteiger partial charge in [-0.2, -0.15) is 0 Å². The quantitative estimate of drug-likeness (QED) is 0.167. The van der Waals surface area contributed by atoms with Crippen molar-refractivity contribution >= 4 is 12.6 Å². The molecule has 0 spiro atoms. The van der Waals surface area contributed by atoms with Crippen molar-refractivity contribution < 1.29 is 0 Å². The fraction of sp³-hybridized carbons (Fsp3) is 0.348. The molecule has 2 bridgehead atoms. The van der Waals surface area contributed by atoms with Gasteiger partial charge in [0.2, 0.25) is 0 Å². The Morgan fingerprint density at radius 2 is 1.90 bits per heavy atom. The van der Waals surface area contributed by atoms with Crippen LogP contribution in [-0.4, -0.2) is 10.9 Å². The predicted molar refractivity (Wildman–Crippen MR) is 208 cm³/mol. The van der Waals surface area contributed by atoms with E-state index in [0.29, 0.717) is 35.6 Å². The average molecular weight is 650 g/mol. The standard InChI is InChI=1S/C46H51NS/c1-32(14-13-15-33(2)40-19-10-12-23-46(40)48)39-29-27-38(30-34(39)3)47-44-22-11-9-21-42(44)37-26-28-43(45(47)31-37)41-20-8-7-18-36(41)25-24-35-16-5-4-6-17-35/h4-5,7-15,18-20,22-23,25-30,33-35,39,41-42,45,48H,6,16-17,21,24,31H2,1-3H3/b15-13-,32-14+,36-25-. The van der Waals surface area contributed by atoms with Crippen molar-refractivity contribution in [3.63, 3.8) is 0 Å². The Kier molecular flexibility index (Phi) is 10.1. The van der Waals surface area contributed by atoms with Crippen LogP contribution >= 0.6 is 12.6 Å².